The number of amides is 1. The van der Waals surface area contributed by atoms with Gasteiger partial charge in [0.15, 0.2) is 5.58 Å². The summed E-state index contributed by atoms with van der Waals surface area (Å²) in [7, 11) is 0. The van der Waals surface area contributed by atoms with E-state index in [0.29, 0.717) is 30.0 Å². The van der Waals surface area contributed by atoms with E-state index in [1.807, 2.05) is 17.0 Å². The standard InChI is InChI=1S/C22H22ClF2N3O4/c23-16-4-1-14(2-5-16)11-17-13-27(9-10-28(17)21(30)31)8-7-22(24,25)15-3-6-18-19(12-15)32-20(29)26-18/h1-6,12,17H,7-11,13H2,(H,26,29)(H,30,31). The van der Waals surface area contributed by atoms with Crippen LogP contribution in [-0.4, -0.2) is 58.2 Å². The second kappa shape index (κ2) is 8.91. The zero-order chi connectivity index (χ0) is 22.9. The molecule has 1 aliphatic rings. The molecule has 1 saturated heterocycles. The third kappa shape index (κ3) is 4.94. The van der Waals surface area contributed by atoms with Crippen LogP contribution >= 0.6 is 11.6 Å². The highest BCUT2D eigenvalue weighted by molar-refractivity contribution is 6.30. The maximum absolute atomic E-state index is 14.9. The predicted octanol–water partition coefficient (Wildman–Crippen LogP) is 4.16. The molecule has 1 aliphatic heterocycles. The van der Waals surface area contributed by atoms with E-state index in [1.54, 1.807) is 12.1 Å². The Morgan fingerprint density at radius 1 is 1.22 bits per heavy atom. The monoisotopic (exact) mass is 465 g/mol. The summed E-state index contributed by atoms with van der Waals surface area (Å²) in [5.41, 5.74) is 1.16. The number of piperazine rings is 1. The van der Waals surface area contributed by atoms with Crippen LogP contribution in [0.3, 0.4) is 0 Å². The van der Waals surface area contributed by atoms with E-state index in [9.17, 15) is 23.5 Å². The molecular weight excluding hydrogens is 444 g/mol. The van der Waals surface area contributed by atoms with Crippen molar-refractivity contribution in [3.05, 3.63) is 69.2 Å². The molecule has 1 unspecified atom stereocenters. The molecule has 1 atom stereocenters. The Balaban J connectivity index is 1.43. The number of fused-ring (bicyclic) bond motifs is 1. The first-order valence-corrected chi connectivity index (χ1v) is 10.6. The molecule has 1 amide bonds. The van der Waals surface area contributed by atoms with Crippen molar-refractivity contribution in [2.75, 3.05) is 26.2 Å². The van der Waals surface area contributed by atoms with Crippen molar-refractivity contribution in [1.29, 1.82) is 0 Å². The Hall–Kier alpha value is -2.91. The summed E-state index contributed by atoms with van der Waals surface area (Å²) in [6.45, 7) is 1.09. The van der Waals surface area contributed by atoms with Gasteiger partial charge in [0.05, 0.1) is 11.6 Å². The van der Waals surface area contributed by atoms with Crippen LogP contribution in [0.15, 0.2) is 51.7 Å². The number of carboxylic acid groups (broad SMARTS) is 1. The average Bonchev–Trinajstić information content (AvgIpc) is 3.13. The first kappa shape index (κ1) is 22.3. The summed E-state index contributed by atoms with van der Waals surface area (Å²) in [6.07, 6.45) is -0.983. The van der Waals surface area contributed by atoms with Crippen LogP contribution in [0.5, 0.6) is 0 Å². The van der Waals surface area contributed by atoms with Crippen molar-refractivity contribution in [3.8, 4) is 0 Å². The Bertz CT molecular complexity index is 1160. The fraction of sp³-hybridized carbons (Fsp3) is 0.364. The van der Waals surface area contributed by atoms with Crippen LogP contribution in [0.4, 0.5) is 13.6 Å². The molecule has 7 nitrogen and oxygen atoms in total. The summed E-state index contributed by atoms with van der Waals surface area (Å²) in [4.78, 5) is 28.6. The number of halogens is 3. The van der Waals surface area contributed by atoms with Crippen LogP contribution in [0, 0.1) is 0 Å². The highest BCUT2D eigenvalue weighted by atomic mass is 35.5. The smallest absolute Gasteiger partial charge is 0.417 e. The van der Waals surface area contributed by atoms with Gasteiger partial charge in [-0.05, 0) is 36.2 Å². The van der Waals surface area contributed by atoms with Crippen LogP contribution < -0.4 is 5.76 Å². The highest BCUT2D eigenvalue weighted by Gasteiger charge is 2.35. The van der Waals surface area contributed by atoms with E-state index in [2.05, 4.69) is 4.98 Å². The van der Waals surface area contributed by atoms with E-state index >= 15 is 0 Å². The second-order valence-corrected chi connectivity index (χ2v) is 8.38. The number of benzene rings is 2. The predicted molar refractivity (Wildman–Crippen MR) is 115 cm³/mol. The van der Waals surface area contributed by atoms with E-state index in [-0.39, 0.29) is 30.3 Å². The van der Waals surface area contributed by atoms with Gasteiger partial charge >= 0.3 is 11.8 Å². The largest absolute Gasteiger partial charge is 0.465 e. The maximum Gasteiger partial charge on any atom is 0.417 e. The molecule has 1 fully saturated rings. The van der Waals surface area contributed by atoms with Crippen molar-refractivity contribution in [3.63, 3.8) is 0 Å². The molecule has 1 aromatic heterocycles. The van der Waals surface area contributed by atoms with Crippen molar-refractivity contribution in [2.45, 2.75) is 24.8 Å². The van der Waals surface area contributed by atoms with Crippen molar-refractivity contribution in [1.82, 2.24) is 14.8 Å². The second-order valence-electron chi connectivity index (χ2n) is 7.94. The highest BCUT2D eigenvalue weighted by Crippen LogP contribution is 2.33. The molecule has 2 heterocycles. The first-order valence-electron chi connectivity index (χ1n) is 10.2. The number of H-pyrrole nitrogens is 1. The van der Waals surface area contributed by atoms with Gasteiger partial charge in [0.1, 0.15) is 0 Å². The summed E-state index contributed by atoms with van der Waals surface area (Å²) < 4.78 is 34.6. The van der Waals surface area contributed by atoms with Crippen LogP contribution in [0.1, 0.15) is 17.5 Å². The van der Waals surface area contributed by atoms with Gasteiger partial charge in [-0.25, -0.2) is 18.4 Å². The molecule has 0 saturated carbocycles. The van der Waals surface area contributed by atoms with Gasteiger partial charge in [0.2, 0.25) is 0 Å². The van der Waals surface area contributed by atoms with E-state index in [0.717, 1.165) is 5.56 Å². The fourth-order valence-electron chi connectivity index (χ4n) is 4.06. The molecule has 2 aromatic carbocycles. The number of hydrogen-bond donors (Lipinski definition) is 2. The molecule has 10 heteroatoms. The number of alkyl halides is 2. The lowest BCUT2D eigenvalue weighted by Crippen LogP contribution is -2.56. The lowest BCUT2D eigenvalue weighted by atomic mass is 10.0. The lowest BCUT2D eigenvalue weighted by molar-refractivity contribution is -0.0281. The SMILES string of the molecule is O=C(O)N1CCN(CCC(F)(F)c2ccc3[nH]c(=O)oc3c2)CC1Cc1ccc(Cl)cc1. The Labute approximate surface area is 187 Å². The van der Waals surface area contributed by atoms with Gasteiger partial charge in [0.25, 0.3) is 5.92 Å². The molecule has 0 radical (unpaired) electrons. The molecule has 170 valence electrons. The molecular formula is C22H22ClF2N3O4. The van der Waals surface area contributed by atoms with E-state index < -0.39 is 24.2 Å². The number of nitrogens with zero attached hydrogens (tertiary/aromatic N) is 2. The molecule has 0 aliphatic carbocycles. The third-order valence-electron chi connectivity index (χ3n) is 5.78. The zero-order valence-electron chi connectivity index (χ0n) is 17.1. The number of aromatic nitrogens is 1. The Morgan fingerprint density at radius 2 is 1.97 bits per heavy atom. The molecule has 32 heavy (non-hydrogen) atoms. The number of oxazole rings is 1. The zero-order valence-corrected chi connectivity index (χ0v) is 17.8. The minimum absolute atomic E-state index is 0.0882. The summed E-state index contributed by atoms with van der Waals surface area (Å²) in [6, 6.07) is 10.7. The van der Waals surface area contributed by atoms with Gasteiger partial charge in [0, 0.05) is 43.2 Å². The first-order chi connectivity index (χ1) is 15.2. The van der Waals surface area contributed by atoms with Gasteiger partial charge in [-0.2, -0.15) is 0 Å². The Kier molecular flexibility index (Phi) is 6.21. The number of hydrogen-bond acceptors (Lipinski definition) is 4. The number of nitrogens with one attached hydrogen (secondary N) is 1. The summed E-state index contributed by atoms with van der Waals surface area (Å²) in [5.74, 6) is -3.82. The Morgan fingerprint density at radius 3 is 2.69 bits per heavy atom. The minimum Gasteiger partial charge on any atom is -0.465 e. The quantitative estimate of drug-likeness (QED) is 0.570. The van der Waals surface area contributed by atoms with Crippen molar-refractivity contribution in [2.24, 2.45) is 0 Å². The molecule has 0 spiro atoms. The maximum atomic E-state index is 14.9. The lowest BCUT2D eigenvalue weighted by Gasteiger charge is -2.40. The normalized spacial score (nSPS) is 17.7. The average molecular weight is 466 g/mol. The topological polar surface area (TPSA) is 89.8 Å². The van der Waals surface area contributed by atoms with Crippen LogP contribution in [-0.2, 0) is 12.3 Å². The summed E-state index contributed by atoms with van der Waals surface area (Å²) in [5, 5.41) is 10.1. The molecule has 3 aromatic rings. The number of aromatic amines is 1. The fourth-order valence-corrected chi connectivity index (χ4v) is 4.18. The van der Waals surface area contributed by atoms with Gasteiger partial charge in [-0.15, -0.1) is 0 Å². The van der Waals surface area contributed by atoms with Gasteiger partial charge < -0.3 is 14.4 Å². The third-order valence-corrected chi connectivity index (χ3v) is 6.03. The number of carbonyl (C=O) groups is 1. The van der Waals surface area contributed by atoms with Gasteiger partial charge in [-0.3, -0.25) is 9.88 Å². The molecule has 0 bridgehead atoms. The van der Waals surface area contributed by atoms with Crippen LogP contribution in [0.2, 0.25) is 5.02 Å². The molecule has 4 rings (SSSR count). The van der Waals surface area contributed by atoms with Gasteiger partial charge in [-0.1, -0.05) is 29.8 Å². The van der Waals surface area contributed by atoms with Crippen molar-refractivity contribution < 1.29 is 23.1 Å². The molecule has 2 N–H and O–H groups in total. The minimum atomic E-state index is -3.13. The number of rotatable bonds is 6. The van der Waals surface area contributed by atoms with E-state index in [1.165, 1.54) is 23.1 Å². The summed E-state index contributed by atoms with van der Waals surface area (Å²) >= 11 is 5.92. The van der Waals surface area contributed by atoms with E-state index in [4.69, 9.17) is 16.0 Å². The van der Waals surface area contributed by atoms with Crippen molar-refractivity contribution >= 4 is 28.8 Å². The van der Waals surface area contributed by atoms with Crippen LogP contribution in [0.25, 0.3) is 11.1 Å².